The van der Waals surface area contributed by atoms with Crippen molar-refractivity contribution in [1.29, 1.82) is 0 Å². The molecule has 0 heterocycles. The monoisotopic (exact) mass is 399 g/mol. The highest BCUT2D eigenvalue weighted by Gasteiger charge is 2.12. The molecule has 0 radical (unpaired) electrons. The molecule has 28 heavy (non-hydrogen) atoms. The molecule has 0 unspecified atom stereocenters. The molecule has 0 aromatic heterocycles. The summed E-state index contributed by atoms with van der Waals surface area (Å²) in [6, 6.07) is 14.3. The molecule has 0 aliphatic carbocycles. The summed E-state index contributed by atoms with van der Waals surface area (Å²) < 4.78 is 5.10. The first-order valence-electron chi connectivity index (χ1n) is 9.09. The van der Waals surface area contributed by atoms with Crippen molar-refractivity contribution in [2.24, 2.45) is 0 Å². The first-order chi connectivity index (χ1) is 13.5. The summed E-state index contributed by atoms with van der Waals surface area (Å²) in [5.41, 5.74) is 2.18. The van der Waals surface area contributed by atoms with Crippen molar-refractivity contribution in [1.82, 2.24) is 10.2 Å². The summed E-state index contributed by atoms with van der Waals surface area (Å²) in [5.74, 6) is 0.521. The first kappa shape index (κ1) is 21.4. The van der Waals surface area contributed by atoms with Gasteiger partial charge in [0.2, 0.25) is 5.91 Å². The fourth-order valence-corrected chi connectivity index (χ4v) is 2.88. The van der Waals surface area contributed by atoms with Crippen molar-refractivity contribution >= 4 is 34.8 Å². The number of carbonyl (C=O) groups excluding carboxylic acids is 2. The van der Waals surface area contributed by atoms with Crippen LogP contribution >= 0.6 is 12.2 Å². The SMILES string of the molecule is CCN(CC)C(=O)c1ccc(NC(=S)NC(=O)Cc2ccc(OC)cc2)cc1. The third kappa shape index (κ3) is 6.06. The Morgan fingerprint density at radius 3 is 2.14 bits per heavy atom. The molecule has 2 rings (SSSR count). The van der Waals surface area contributed by atoms with E-state index in [9.17, 15) is 9.59 Å². The van der Waals surface area contributed by atoms with Gasteiger partial charge in [0, 0.05) is 24.3 Å². The zero-order valence-electron chi connectivity index (χ0n) is 16.3. The number of rotatable bonds is 7. The molecular formula is C21H25N3O3S. The number of hydrogen-bond acceptors (Lipinski definition) is 4. The van der Waals surface area contributed by atoms with Gasteiger partial charge in [0.25, 0.3) is 5.91 Å². The van der Waals surface area contributed by atoms with Gasteiger partial charge in [-0.15, -0.1) is 0 Å². The third-order valence-corrected chi connectivity index (χ3v) is 4.42. The van der Waals surface area contributed by atoms with Crippen LogP contribution in [0.1, 0.15) is 29.8 Å². The van der Waals surface area contributed by atoms with Crippen molar-refractivity contribution in [3.63, 3.8) is 0 Å². The van der Waals surface area contributed by atoms with Crippen molar-refractivity contribution in [3.05, 3.63) is 59.7 Å². The number of benzene rings is 2. The molecule has 0 aliphatic heterocycles. The van der Waals surface area contributed by atoms with Gasteiger partial charge in [-0.25, -0.2) is 0 Å². The van der Waals surface area contributed by atoms with Gasteiger partial charge in [0.15, 0.2) is 5.11 Å². The van der Waals surface area contributed by atoms with Gasteiger partial charge in [-0.05, 0) is 68.0 Å². The van der Waals surface area contributed by atoms with E-state index in [1.807, 2.05) is 26.0 Å². The Balaban J connectivity index is 1.88. The zero-order valence-corrected chi connectivity index (χ0v) is 17.1. The lowest BCUT2D eigenvalue weighted by molar-refractivity contribution is -0.119. The molecule has 0 atom stereocenters. The summed E-state index contributed by atoms with van der Waals surface area (Å²) in [4.78, 5) is 26.2. The van der Waals surface area contributed by atoms with Crippen LogP contribution in [-0.2, 0) is 11.2 Å². The number of hydrogen-bond donors (Lipinski definition) is 2. The van der Waals surface area contributed by atoms with Gasteiger partial charge in [0.05, 0.1) is 13.5 Å². The highest BCUT2D eigenvalue weighted by molar-refractivity contribution is 7.80. The fraction of sp³-hybridized carbons (Fsp3) is 0.286. The van der Waals surface area contributed by atoms with E-state index in [4.69, 9.17) is 17.0 Å². The Labute approximate surface area is 170 Å². The Kier molecular flexibility index (Phi) is 7.95. The van der Waals surface area contributed by atoms with Gasteiger partial charge in [-0.3, -0.25) is 9.59 Å². The summed E-state index contributed by atoms with van der Waals surface area (Å²) in [6.45, 7) is 5.23. The molecule has 2 aromatic rings. The van der Waals surface area contributed by atoms with E-state index in [1.54, 1.807) is 48.4 Å². The average Bonchev–Trinajstić information content (AvgIpc) is 2.69. The molecule has 0 bridgehead atoms. The number of carbonyl (C=O) groups is 2. The number of ether oxygens (including phenoxy) is 1. The van der Waals surface area contributed by atoms with Crippen LogP contribution in [0.2, 0.25) is 0 Å². The van der Waals surface area contributed by atoms with Gasteiger partial charge >= 0.3 is 0 Å². The second-order valence-electron chi connectivity index (χ2n) is 6.08. The maximum atomic E-state index is 12.3. The number of anilines is 1. The van der Waals surface area contributed by atoms with E-state index >= 15 is 0 Å². The lowest BCUT2D eigenvalue weighted by Crippen LogP contribution is -2.35. The molecule has 0 fully saturated rings. The van der Waals surface area contributed by atoms with Crippen LogP contribution < -0.4 is 15.4 Å². The maximum absolute atomic E-state index is 12.3. The van der Waals surface area contributed by atoms with E-state index in [-0.39, 0.29) is 23.3 Å². The van der Waals surface area contributed by atoms with Crippen LogP contribution in [0.4, 0.5) is 5.69 Å². The van der Waals surface area contributed by atoms with Crippen LogP contribution in [0.15, 0.2) is 48.5 Å². The number of thiocarbonyl (C=S) groups is 1. The molecule has 2 aromatic carbocycles. The van der Waals surface area contributed by atoms with Gasteiger partial charge in [-0.1, -0.05) is 12.1 Å². The fourth-order valence-electron chi connectivity index (χ4n) is 2.65. The normalized spacial score (nSPS) is 10.1. The summed E-state index contributed by atoms with van der Waals surface area (Å²) >= 11 is 5.19. The Bertz CT molecular complexity index is 816. The summed E-state index contributed by atoms with van der Waals surface area (Å²) in [6.07, 6.45) is 0.211. The standard InChI is InChI=1S/C21H25N3O3S/c1-4-24(5-2)20(26)16-8-10-17(11-9-16)22-21(28)23-19(25)14-15-6-12-18(27-3)13-7-15/h6-13H,4-5,14H2,1-3H3,(H2,22,23,25,28). The minimum absolute atomic E-state index is 0.00748. The molecule has 0 saturated carbocycles. The van der Waals surface area contributed by atoms with Gasteiger partial charge < -0.3 is 20.3 Å². The minimum atomic E-state index is -0.212. The second-order valence-corrected chi connectivity index (χ2v) is 6.49. The lowest BCUT2D eigenvalue weighted by Gasteiger charge is -2.18. The molecule has 0 saturated heterocycles. The third-order valence-electron chi connectivity index (χ3n) is 4.22. The smallest absolute Gasteiger partial charge is 0.253 e. The van der Waals surface area contributed by atoms with E-state index in [0.29, 0.717) is 24.3 Å². The number of amides is 2. The first-order valence-corrected chi connectivity index (χ1v) is 9.50. The number of methoxy groups -OCH3 is 1. The second kappa shape index (κ2) is 10.4. The van der Waals surface area contributed by atoms with E-state index in [1.165, 1.54) is 0 Å². The van der Waals surface area contributed by atoms with E-state index in [2.05, 4.69) is 10.6 Å². The highest BCUT2D eigenvalue weighted by Crippen LogP contribution is 2.13. The van der Waals surface area contributed by atoms with Crippen molar-refractivity contribution in [3.8, 4) is 5.75 Å². The lowest BCUT2D eigenvalue weighted by atomic mass is 10.1. The van der Waals surface area contributed by atoms with Crippen molar-refractivity contribution in [2.45, 2.75) is 20.3 Å². The molecule has 0 aliphatic rings. The van der Waals surface area contributed by atoms with Crippen LogP contribution in [0.3, 0.4) is 0 Å². The van der Waals surface area contributed by atoms with Crippen LogP contribution in [0.5, 0.6) is 5.75 Å². The van der Waals surface area contributed by atoms with Gasteiger partial charge in [0.1, 0.15) is 5.75 Å². The minimum Gasteiger partial charge on any atom is -0.497 e. The van der Waals surface area contributed by atoms with E-state index < -0.39 is 0 Å². The topological polar surface area (TPSA) is 70.7 Å². The summed E-state index contributed by atoms with van der Waals surface area (Å²) in [7, 11) is 1.60. The average molecular weight is 400 g/mol. The van der Waals surface area contributed by atoms with Crippen LogP contribution in [0, 0.1) is 0 Å². The molecule has 7 heteroatoms. The number of nitrogens with one attached hydrogen (secondary N) is 2. The Morgan fingerprint density at radius 1 is 1.00 bits per heavy atom. The number of nitrogens with zero attached hydrogens (tertiary/aromatic N) is 1. The zero-order chi connectivity index (χ0) is 20.5. The van der Waals surface area contributed by atoms with Crippen molar-refractivity contribution < 1.29 is 14.3 Å². The van der Waals surface area contributed by atoms with E-state index in [0.717, 1.165) is 11.3 Å². The molecule has 6 nitrogen and oxygen atoms in total. The Morgan fingerprint density at radius 2 is 1.61 bits per heavy atom. The molecule has 148 valence electrons. The molecular weight excluding hydrogens is 374 g/mol. The predicted octanol–water partition coefficient (Wildman–Crippen LogP) is 3.23. The maximum Gasteiger partial charge on any atom is 0.253 e. The van der Waals surface area contributed by atoms with Gasteiger partial charge in [-0.2, -0.15) is 0 Å². The largest absolute Gasteiger partial charge is 0.497 e. The molecule has 2 N–H and O–H groups in total. The highest BCUT2D eigenvalue weighted by atomic mass is 32.1. The van der Waals surface area contributed by atoms with Crippen LogP contribution in [-0.4, -0.2) is 42.0 Å². The van der Waals surface area contributed by atoms with Crippen LogP contribution in [0.25, 0.3) is 0 Å². The predicted molar refractivity (Wildman–Crippen MR) is 115 cm³/mol. The Hall–Kier alpha value is -2.93. The quantitative estimate of drug-likeness (QED) is 0.700. The summed E-state index contributed by atoms with van der Waals surface area (Å²) in [5, 5.41) is 5.82. The van der Waals surface area contributed by atoms with Crippen molar-refractivity contribution in [2.75, 3.05) is 25.5 Å². The molecule has 2 amide bonds. The molecule has 0 spiro atoms.